The third-order valence-corrected chi connectivity index (χ3v) is 7.61. The van der Waals surface area contributed by atoms with Crippen molar-refractivity contribution >= 4 is 35.0 Å². The lowest BCUT2D eigenvalue weighted by atomic mass is 9.75. The summed E-state index contributed by atoms with van der Waals surface area (Å²) in [6.07, 6.45) is 4.90. The first kappa shape index (κ1) is 24.8. The van der Waals surface area contributed by atoms with Crippen LogP contribution in [0.15, 0.2) is 42.5 Å². The summed E-state index contributed by atoms with van der Waals surface area (Å²) >= 11 is 12.1. The molecule has 2 heterocycles. The van der Waals surface area contributed by atoms with Crippen LogP contribution >= 0.6 is 23.2 Å². The van der Waals surface area contributed by atoms with E-state index in [1.54, 1.807) is 35.2 Å². The highest BCUT2D eigenvalue weighted by atomic mass is 35.5. The van der Waals surface area contributed by atoms with Gasteiger partial charge in [-0.2, -0.15) is 0 Å². The fourth-order valence-electron chi connectivity index (χ4n) is 4.71. The molecule has 0 saturated carbocycles. The molecule has 2 aromatic rings. The number of carbonyl (C=O) groups excluding carboxylic acids is 2. The maximum absolute atomic E-state index is 13.3. The third kappa shape index (κ3) is 6.02. The first-order valence-corrected chi connectivity index (χ1v) is 12.5. The summed E-state index contributed by atoms with van der Waals surface area (Å²) in [5.74, 6) is 0.289. The molecule has 0 radical (unpaired) electrons. The molecule has 2 aromatic carbocycles. The van der Waals surface area contributed by atoms with E-state index < -0.39 is 5.41 Å². The molecule has 34 heavy (non-hydrogen) atoms. The minimum Gasteiger partial charge on any atom is -0.493 e. The van der Waals surface area contributed by atoms with Gasteiger partial charge in [0.15, 0.2) is 0 Å². The Hall–Kier alpha value is -2.31. The van der Waals surface area contributed by atoms with Gasteiger partial charge in [-0.1, -0.05) is 23.2 Å². The number of halogens is 3. The van der Waals surface area contributed by atoms with E-state index in [0.29, 0.717) is 60.3 Å². The first-order chi connectivity index (χ1) is 16.3. The highest BCUT2D eigenvalue weighted by Gasteiger charge is 2.40. The van der Waals surface area contributed by atoms with Crippen LogP contribution in [-0.4, -0.2) is 54.4 Å². The summed E-state index contributed by atoms with van der Waals surface area (Å²) in [6, 6.07) is 10.8. The summed E-state index contributed by atoms with van der Waals surface area (Å²) in [6.45, 7) is 2.97. The number of amides is 2. The summed E-state index contributed by atoms with van der Waals surface area (Å²) in [7, 11) is 0. The summed E-state index contributed by atoms with van der Waals surface area (Å²) in [4.78, 5) is 29.9. The van der Waals surface area contributed by atoms with Gasteiger partial charge in [0.2, 0.25) is 5.91 Å². The van der Waals surface area contributed by atoms with Crippen LogP contribution in [0.2, 0.25) is 10.0 Å². The predicted molar refractivity (Wildman–Crippen MR) is 131 cm³/mol. The van der Waals surface area contributed by atoms with Gasteiger partial charge in [-0.05, 0) is 74.6 Å². The standard InChI is InChI=1S/C26H29Cl2FN2O3/c27-22-9-4-19(16-23(22)28)25(33)31-14-10-26(11-15-31,17-24(32)30-12-2-1-3-13-30)18-34-21-7-5-20(29)6-8-21/h4-9,16H,1-3,10-15,17-18H2. The van der Waals surface area contributed by atoms with Crippen molar-refractivity contribution in [2.75, 3.05) is 32.8 Å². The Labute approximate surface area is 209 Å². The highest BCUT2D eigenvalue weighted by Crippen LogP contribution is 2.37. The fourth-order valence-corrected chi connectivity index (χ4v) is 5.01. The maximum atomic E-state index is 13.3. The summed E-state index contributed by atoms with van der Waals surface area (Å²) < 4.78 is 19.3. The van der Waals surface area contributed by atoms with Gasteiger partial charge in [0.1, 0.15) is 11.6 Å². The number of hydrogen-bond acceptors (Lipinski definition) is 3. The zero-order valence-electron chi connectivity index (χ0n) is 19.1. The van der Waals surface area contributed by atoms with Gasteiger partial charge >= 0.3 is 0 Å². The number of benzene rings is 2. The van der Waals surface area contributed by atoms with E-state index in [1.165, 1.54) is 12.1 Å². The van der Waals surface area contributed by atoms with Gasteiger partial charge in [-0.3, -0.25) is 9.59 Å². The molecule has 2 fully saturated rings. The Morgan fingerprint density at radius 3 is 2.21 bits per heavy atom. The number of likely N-dealkylation sites (tertiary alicyclic amines) is 2. The van der Waals surface area contributed by atoms with Crippen LogP contribution in [-0.2, 0) is 4.79 Å². The van der Waals surface area contributed by atoms with E-state index >= 15 is 0 Å². The minimum absolute atomic E-state index is 0.103. The molecule has 182 valence electrons. The Bertz CT molecular complexity index is 1020. The average molecular weight is 507 g/mol. The van der Waals surface area contributed by atoms with Crippen LogP contribution in [0.1, 0.15) is 48.9 Å². The lowest BCUT2D eigenvalue weighted by Gasteiger charge is -2.42. The zero-order chi connectivity index (χ0) is 24.1. The van der Waals surface area contributed by atoms with Gasteiger partial charge in [-0.15, -0.1) is 0 Å². The van der Waals surface area contributed by atoms with E-state index in [4.69, 9.17) is 27.9 Å². The number of ether oxygens (including phenoxy) is 1. The van der Waals surface area contributed by atoms with E-state index in [-0.39, 0.29) is 17.6 Å². The molecule has 2 saturated heterocycles. The smallest absolute Gasteiger partial charge is 0.253 e. The van der Waals surface area contributed by atoms with Gasteiger partial charge in [-0.25, -0.2) is 4.39 Å². The molecule has 0 aliphatic carbocycles. The molecular formula is C26H29Cl2FN2O3. The molecule has 2 amide bonds. The van der Waals surface area contributed by atoms with Crippen LogP contribution < -0.4 is 4.74 Å². The number of rotatable bonds is 6. The summed E-state index contributed by atoms with van der Waals surface area (Å²) in [5, 5.41) is 0.753. The molecule has 0 atom stereocenters. The predicted octanol–water partition coefficient (Wildman–Crippen LogP) is 5.84. The van der Waals surface area contributed by atoms with Crippen molar-refractivity contribution in [3.8, 4) is 5.75 Å². The molecule has 0 aromatic heterocycles. The van der Waals surface area contributed by atoms with Gasteiger partial charge in [0, 0.05) is 43.6 Å². The van der Waals surface area contributed by atoms with E-state index in [2.05, 4.69) is 0 Å². The Kier molecular flexibility index (Phi) is 7.99. The quantitative estimate of drug-likeness (QED) is 0.494. The molecule has 8 heteroatoms. The molecular weight excluding hydrogens is 478 g/mol. The van der Waals surface area contributed by atoms with Crippen molar-refractivity contribution in [1.29, 1.82) is 0 Å². The van der Waals surface area contributed by atoms with Crippen LogP contribution in [0.25, 0.3) is 0 Å². The van der Waals surface area contributed by atoms with Crippen LogP contribution in [0, 0.1) is 11.2 Å². The van der Waals surface area contributed by atoms with Gasteiger partial charge in [0.05, 0.1) is 16.7 Å². The average Bonchev–Trinajstić information content (AvgIpc) is 2.86. The van der Waals surface area contributed by atoms with Crippen molar-refractivity contribution in [2.24, 2.45) is 5.41 Å². The second kappa shape index (κ2) is 11.0. The normalized spacial score (nSPS) is 18.0. The van der Waals surface area contributed by atoms with Crippen LogP contribution in [0.5, 0.6) is 5.75 Å². The lowest BCUT2D eigenvalue weighted by Crippen LogP contribution is -2.48. The molecule has 5 nitrogen and oxygen atoms in total. The molecule has 0 bridgehead atoms. The number of piperidine rings is 2. The number of hydrogen-bond donors (Lipinski definition) is 0. The topological polar surface area (TPSA) is 49.9 Å². The van der Waals surface area contributed by atoms with Crippen molar-refractivity contribution in [2.45, 2.75) is 38.5 Å². The third-order valence-electron chi connectivity index (χ3n) is 6.87. The second-order valence-electron chi connectivity index (χ2n) is 9.28. The largest absolute Gasteiger partial charge is 0.493 e. The van der Waals surface area contributed by atoms with Crippen molar-refractivity contribution in [3.63, 3.8) is 0 Å². The Balaban J connectivity index is 1.45. The van der Waals surface area contributed by atoms with Crippen LogP contribution in [0.4, 0.5) is 4.39 Å². The monoisotopic (exact) mass is 506 g/mol. The van der Waals surface area contributed by atoms with E-state index in [1.807, 2.05) is 4.90 Å². The summed E-state index contributed by atoms with van der Waals surface area (Å²) in [5.41, 5.74) is 0.103. The van der Waals surface area contributed by atoms with Crippen LogP contribution in [0.3, 0.4) is 0 Å². The number of carbonyl (C=O) groups is 2. The van der Waals surface area contributed by atoms with Gasteiger partial charge in [0.25, 0.3) is 5.91 Å². The molecule has 0 spiro atoms. The molecule has 0 N–H and O–H groups in total. The molecule has 4 rings (SSSR count). The first-order valence-electron chi connectivity index (χ1n) is 11.8. The van der Waals surface area contributed by atoms with Crippen molar-refractivity contribution in [1.82, 2.24) is 9.80 Å². The zero-order valence-corrected chi connectivity index (χ0v) is 20.6. The van der Waals surface area contributed by atoms with Crippen molar-refractivity contribution in [3.05, 3.63) is 63.9 Å². The maximum Gasteiger partial charge on any atom is 0.253 e. The van der Waals surface area contributed by atoms with E-state index in [9.17, 15) is 14.0 Å². The fraction of sp³-hybridized carbons (Fsp3) is 0.462. The minimum atomic E-state index is -0.392. The molecule has 0 unspecified atom stereocenters. The molecule has 2 aliphatic heterocycles. The Morgan fingerprint density at radius 2 is 1.56 bits per heavy atom. The molecule has 2 aliphatic rings. The SMILES string of the molecule is O=C(CC1(COc2ccc(F)cc2)CCN(C(=O)c2ccc(Cl)c(Cl)c2)CC1)N1CCCCC1. The van der Waals surface area contributed by atoms with Gasteiger partial charge < -0.3 is 14.5 Å². The highest BCUT2D eigenvalue weighted by molar-refractivity contribution is 6.42. The lowest BCUT2D eigenvalue weighted by molar-refractivity contribution is -0.136. The second-order valence-corrected chi connectivity index (χ2v) is 10.1. The number of nitrogens with zero attached hydrogens (tertiary/aromatic N) is 2. The van der Waals surface area contributed by atoms with E-state index in [0.717, 1.165) is 32.4 Å². The Morgan fingerprint density at radius 1 is 0.882 bits per heavy atom. The van der Waals surface area contributed by atoms with Crippen molar-refractivity contribution < 1.29 is 18.7 Å².